The first-order valence-corrected chi connectivity index (χ1v) is 6.07. The van der Waals surface area contributed by atoms with Gasteiger partial charge in [0.1, 0.15) is 0 Å². The van der Waals surface area contributed by atoms with Crippen LogP contribution in [0, 0.1) is 20.2 Å². The van der Waals surface area contributed by atoms with Crippen LogP contribution in [0.3, 0.4) is 0 Å². The zero-order valence-electron chi connectivity index (χ0n) is 11.3. The summed E-state index contributed by atoms with van der Waals surface area (Å²) in [6, 6.07) is 8.55. The average molecular weight is 319 g/mol. The molecule has 0 aliphatic heterocycles. The van der Waals surface area contributed by atoms with Crippen molar-refractivity contribution in [1.29, 1.82) is 0 Å². The smallest absolute Gasteiger partial charge is 0.318 e. The fourth-order valence-electron chi connectivity index (χ4n) is 1.81. The fraction of sp³-hybridized carbons (Fsp3) is 0. The number of non-ortho nitro benzene ring substituents is 1. The van der Waals surface area contributed by atoms with Gasteiger partial charge in [0.25, 0.3) is 11.6 Å². The van der Waals surface area contributed by atoms with E-state index >= 15 is 0 Å². The van der Waals surface area contributed by atoms with E-state index in [0.29, 0.717) is 12.1 Å². The molecule has 10 nitrogen and oxygen atoms in total. The number of phenolic OH excluding ortho intramolecular Hbond substituents is 1. The van der Waals surface area contributed by atoms with Gasteiger partial charge in [-0.25, -0.2) is 0 Å². The summed E-state index contributed by atoms with van der Waals surface area (Å²) >= 11 is 0. The van der Waals surface area contributed by atoms with Gasteiger partial charge in [0, 0.05) is 6.07 Å². The Bertz CT molecular complexity index is 792. The molecule has 0 heterocycles. The van der Waals surface area contributed by atoms with E-state index in [1.54, 1.807) is 6.07 Å². The van der Waals surface area contributed by atoms with Gasteiger partial charge in [0.05, 0.1) is 27.2 Å². The highest BCUT2D eigenvalue weighted by Gasteiger charge is 2.29. The quantitative estimate of drug-likeness (QED) is 0.499. The number of hydrogen-bond donors (Lipinski definition) is 2. The topological polar surface area (TPSA) is 147 Å². The Kier molecular flexibility index (Phi) is 4.18. The SMILES string of the molecule is O=C(c1cc([N+](=O)[O-])cc([N+](=O)[O-])c1O)N(O)c1ccccc1. The standard InChI is InChI=1S/C13H9N3O7/c17-12-10(6-9(15(20)21)7-11(12)16(22)23)13(18)14(19)8-4-2-1-3-5-8/h1-7,17,19H. The maximum atomic E-state index is 12.2. The van der Waals surface area contributed by atoms with Crippen LogP contribution in [0.1, 0.15) is 10.4 Å². The Morgan fingerprint density at radius 2 is 1.65 bits per heavy atom. The van der Waals surface area contributed by atoms with Crippen LogP contribution in [-0.4, -0.2) is 26.1 Å². The van der Waals surface area contributed by atoms with Gasteiger partial charge < -0.3 is 5.11 Å². The molecule has 2 aromatic rings. The number of aromatic hydroxyl groups is 1. The summed E-state index contributed by atoms with van der Waals surface area (Å²) in [7, 11) is 0. The maximum absolute atomic E-state index is 12.2. The molecule has 0 aliphatic rings. The summed E-state index contributed by atoms with van der Waals surface area (Å²) in [4.78, 5) is 31.8. The highest BCUT2D eigenvalue weighted by atomic mass is 16.6. The van der Waals surface area contributed by atoms with Gasteiger partial charge in [-0.05, 0) is 12.1 Å². The highest BCUT2D eigenvalue weighted by molar-refractivity contribution is 6.07. The van der Waals surface area contributed by atoms with E-state index in [-0.39, 0.29) is 10.8 Å². The first-order chi connectivity index (χ1) is 10.8. The first kappa shape index (κ1) is 15.9. The summed E-state index contributed by atoms with van der Waals surface area (Å²) in [6.45, 7) is 0. The normalized spacial score (nSPS) is 10.1. The van der Waals surface area contributed by atoms with Crippen LogP contribution < -0.4 is 5.06 Å². The van der Waals surface area contributed by atoms with Crippen molar-refractivity contribution in [2.45, 2.75) is 0 Å². The highest BCUT2D eigenvalue weighted by Crippen LogP contribution is 2.35. The summed E-state index contributed by atoms with van der Waals surface area (Å²) in [5, 5.41) is 41.5. The lowest BCUT2D eigenvalue weighted by molar-refractivity contribution is -0.394. The molecule has 0 atom stereocenters. The van der Waals surface area contributed by atoms with Crippen molar-refractivity contribution in [2.24, 2.45) is 0 Å². The second-order valence-corrected chi connectivity index (χ2v) is 4.33. The number of hydrogen-bond acceptors (Lipinski definition) is 7. The van der Waals surface area contributed by atoms with E-state index in [4.69, 9.17) is 0 Å². The average Bonchev–Trinajstić information content (AvgIpc) is 2.54. The van der Waals surface area contributed by atoms with Gasteiger partial charge in [0.2, 0.25) is 5.75 Å². The third kappa shape index (κ3) is 3.06. The van der Waals surface area contributed by atoms with Gasteiger partial charge in [0.15, 0.2) is 0 Å². The number of benzene rings is 2. The zero-order valence-corrected chi connectivity index (χ0v) is 11.3. The third-order valence-corrected chi connectivity index (χ3v) is 2.91. The predicted molar refractivity (Wildman–Crippen MR) is 76.5 cm³/mol. The molecular formula is C13H9N3O7. The van der Waals surface area contributed by atoms with Gasteiger partial charge in [-0.2, -0.15) is 5.06 Å². The molecule has 0 radical (unpaired) electrons. The summed E-state index contributed by atoms with van der Waals surface area (Å²) < 4.78 is 0. The van der Waals surface area contributed by atoms with Crippen molar-refractivity contribution < 1.29 is 25.0 Å². The molecule has 1 amide bonds. The molecule has 2 aromatic carbocycles. The number of nitro benzene ring substituents is 2. The van der Waals surface area contributed by atoms with Crippen molar-refractivity contribution in [1.82, 2.24) is 0 Å². The zero-order chi connectivity index (χ0) is 17.1. The number of rotatable bonds is 4. The Morgan fingerprint density at radius 3 is 2.17 bits per heavy atom. The van der Waals surface area contributed by atoms with Crippen molar-refractivity contribution in [3.05, 3.63) is 68.3 Å². The molecular weight excluding hydrogens is 310 g/mol. The fourth-order valence-corrected chi connectivity index (χ4v) is 1.81. The monoisotopic (exact) mass is 319 g/mol. The van der Waals surface area contributed by atoms with Crippen molar-refractivity contribution in [3.8, 4) is 5.75 Å². The predicted octanol–water partition coefficient (Wildman–Crippen LogP) is 2.24. The minimum Gasteiger partial charge on any atom is -0.502 e. The minimum atomic E-state index is -1.25. The lowest BCUT2D eigenvalue weighted by atomic mass is 10.1. The molecule has 0 saturated carbocycles. The number of nitrogens with zero attached hydrogens (tertiary/aromatic N) is 3. The van der Waals surface area contributed by atoms with Crippen LogP contribution in [0.15, 0.2) is 42.5 Å². The third-order valence-electron chi connectivity index (χ3n) is 2.91. The number of nitro groups is 2. The molecule has 0 aromatic heterocycles. The van der Waals surface area contributed by atoms with Crippen molar-refractivity contribution >= 4 is 23.0 Å². The Morgan fingerprint density at radius 1 is 1.04 bits per heavy atom. The molecule has 0 bridgehead atoms. The molecule has 0 spiro atoms. The van der Waals surface area contributed by atoms with E-state index in [0.717, 1.165) is 0 Å². The molecule has 10 heteroatoms. The van der Waals surface area contributed by atoms with Crippen molar-refractivity contribution in [2.75, 3.05) is 5.06 Å². The number of phenols is 1. The Hall–Kier alpha value is -3.53. The molecule has 0 fully saturated rings. The molecule has 2 rings (SSSR count). The van der Waals surface area contributed by atoms with E-state index < -0.39 is 38.4 Å². The van der Waals surface area contributed by atoms with Crippen LogP contribution in [0.4, 0.5) is 17.1 Å². The van der Waals surface area contributed by atoms with E-state index in [1.807, 2.05) is 0 Å². The van der Waals surface area contributed by atoms with Crippen LogP contribution in [0.5, 0.6) is 5.75 Å². The molecule has 118 valence electrons. The van der Waals surface area contributed by atoms with Gasteiger partial charge in [-0.15, -0.1) is 0 Å². The second-order valence-electron chi connectivity index (χ2n) is 4.33. The number of carbonyl (C=O) groups is 1. The number of hydroxylamine groups is 1. The molecule has 2 N–H and O–H groups in total. The van der Waals surface area contributed by atoms with Gasteiger partial charge in [-0.3, -0.25) is 30.2 Å². The lowest BCUT2D eigenvalue weighted by Gasteiger charge is -2.15. The summed E-state index contributed by atoms with van der Waals surface area (Å²) in [5.74, 6) is -2.32. The van der Waals surface area contributed by atoms with Crippen LogP contribution in [0.2, 0.25) is 0 Å². The number of amides is 1. The molecule has 0 unspecified atom stereocenters. The van der Waals surface area contributed by atoms with Crippen LogP contribution in [0.25, 0.3) is 0 Å². The van der Waals surface area contributed by atoms with E-state index in [1.165, 1.54) is 24.3 Å². The number of anilines is 1. The maximum Gasteiger partial charge on any atom is 0.318 e. The summed E-state index contributed by atoms with van der Waals surface area (Å²) in [5.41, 5.74) is -2.52. The molecule has 23 heavy (non-hydrogen) atoms. The minimum absolute atomic E-state index is 0.0195. The molecule has 0 aliphatic carbocycles. The van der Waals surface area contributed by atoms with Gasteiger partial charge >= 0.3 is 5.69 Å². The van der Waals surface area contributed by atoms with Crippen molar-refractivity contribution in [3.63, 3.8) is 0 Å². The van der Waals surface area contributed by atoms with E-state index in [2.05, 4.69) is 0 Å². The Labute approximate surface area is 128 Å². The largest absolute Gasteiger partial charge is 0.502 e. The first-order valence-electron chi connectivity index (χ1n) is 6.07. The Balaban J connectivity index is 2.55. The van der Waals surface area contributed by atoms with E-state index in [9.17, 15) is 35.3 Å². The second kappa shape index (κ2) is 6.07. The summed E-state index contributed by atoms with van der Waals surface area (Å²) in [6.07, 6.45) is 0. The lowest BCUT2D eigenvalue weighted by Crippen LogP contribution is -2.27. The van der Waals surface area contributed by atoms with Gasteiger partial charge in [-0.1, -0.05) is 18.2 Å². The van der Waals surface area contributed by atoms with Crippen LogP contribution >= 0.6 is 0 Å². The van der Waals surface area contributed by atoms with Crippen LogP contribution in [-0.2, 0) is 0 Å². The number of para-hydroxylation sites is 1. The molecule has 0 saturated heterocycles. The number of carbonyl (C=O) groups excluding carboxylic acids is 1.